The van der Waals surface area contributed by atoms with Crippen molar-refractivity contribution in [2.24, 2.45) is 0 Å². The van der Waals surface area contributed by atoms with Crippen molar-refractivity contribution in [1.82, 2.24) is 15.0 Å². The molecule has 0 spiro atoms. The highest BCUT2D eigenvalue weighted by molar-refractivity contribution is 5.99. The van der Waals surface area contributed by atoms with Gasteiger partial charge in [-0.25, -0.2) is 4.79 Å². The van der Waals surface area contributed by atoms with E-state index in [-0.39, 0.29) is 18.1 Å². The van der Waals surface area contributed by atoms with Gasteiger partial charge in [0.2, 0.25) is 0 Å². The molecule has 0 N–H and O–H groups in total. The largest absolute Gasteiger partial charge is 0.497 e. The third kappa shape index (κ3) is 4.09. The Morgan fingerprint density at radius 1 is 1.00 bits per heavy atom. The fraction of sp³-hybridized carbons (Fsp3) is 0.238. The van der Waals surface area contributed by atoms with Gasteiger partial charge in [0.05, 0.1) is 18.5 Å². The number of benzene rings is 2. The standard InChI is InChI=1S/C21H21N3O4/c1-13-5-10-18(14(2)11-13)24-22-15(3)20(23-24)21(26)28-12-19(25)16-6-8-17(27-4)9-7-16/h5-11H,12H2,1-4H3. The van der Waals surface area contributed by atoms with Crippen molar-refractivity contribution in [1.29, 1.82) is 0 Å². The van der Waals surface area contributed by atoms with Gasteiger partial charge in [0.25, 0.3) is 0 Å². The zero-order valence-corrected chi connectivity index (χ0v) is 16.2. The van der Waals surface area contributed by atoms with E-state index in [0.29, 0.717) is 17.0 Å². The summed E-state index contributed by atoms with van der Waals surface area (Å²) in [5.74, 6) is -0.349. The Balaban J connectivity index is 1.70. The molecule has 3 rings (SSSR count). The molecule has 0 aliphatic rings. The molecule has 7 nitrogen and oxygen atoms in total. The first-order chi connectivity index (χ1) is 13.4. The van der Waals surface area contributed by atoms with Crippen LogP contribution in [0.4, 0.5) is 0 Å². The van der Waals surface area contributed by atoms with E-state index in [9.17, 15) is 9.59 Å². The molecule has 0 amide bonds. The van der Waals surface area contributed by atoms with E-state index in [1.165, 1.54) is 4.80 Å². The number of rotatable bonds is 6. The van der Waals surface area contributed by atoms with Crippen molar-refractivity contribution >= 4 is 11.8 Å². The summed E-state index contributed by atoms with van der Waals surface area (Å²) in [5.41, 5.74) is 3.85. The van der Waals surface area contributed by atoms with E-state index in [1.54, 1.807) is 38.3 Å². The Kier molecular flexibility index (Phi) is 5.54. The van der Waals surface area contributed by atoms with Crippen LogP contribution in [0.5, 0.6) is 5.75 Å². The molecule has 144 valence electrons. The molecule has 0 bridgehead atoms. The second kappa shape index (κ2) is 8.04. The predicted molar refractivity (Wildman–Crippen MR) is 103 cm³/mol. The second-order valence-electron chi connectivity index (χ2n) is 6.44. The number of hydrogen-bond donors (Lipinski definition) is 0. The van der Waals surface area contributed by atoms with E-state index in [1.807, 2.05) is 32.0 Å². The van der Waals surface area contributed by atoms with Crippen LogP contribution in [0.25, 0.3) is 5.69 Å². The van der Waals surface area contributed by atoms with Crippen molar-refractivity contribution in [2.45, 2.75) is 20.8 Å². The first-order valence-electron chi connectivity index (χ1n) is 8.75. The number of hydrogen-bond acceptors (Lipinski definition) is 6. The minimum Gasteiger partial charge on any atom is -0.497 e. The maximum atomic E-state index is 12.4. The van der Waals surface area contributed by atoms with E-state index in [2.05, 4.69) is 10.2 Å². The van der Waals surface area contributed by atoms with Gasteiger partial charge in [0.1, 0.15) is 5.75 Å². The molecule has 28 heavy (non-hydrogen) atoms. The summed E-state index contributed by atoms with van der Waals surface area (Å²) < 4.78 is 10.2. The maximum absolute atomic E-state index is 12.4. The molecule has 0 atom stereocenters. The molecular formula is C21H21N3O4. The number of ether oxygens (including phenoxy) is 2. The summed E-state index contributed by atoms with van der Waals surface area (Å²) in [7, 11) is 1.55. The number of carbonyl (C=O) groups is 2. The van der Waals surface area contributed by atoms with E-state index >= 15 is 0 Å². The topological polar surface area (TPSA) is 83.3 Å². The normalized spacial score (nSPS) is 10.6. The van der Waals surface area contributed by atoms with Gasteiger partial charge in [-0.2, -0.15) is 9.90 Å². The predicted octanol–water partition coefficient (Wildman–Crippen LogP) is 3.24. The minimum absolute atomic E-state index is 0.0857. The molecule has 2 aromatic carbocycles. The quantitative estimate of drug-likeness (QED) is 0.483. The average molecular weight is 379 g/mol. The van der Waals surface area contributed by atoms with Crippen molar-refractivity contribution < 1.29 is 19.1 Å². The monoisotopic (exact) mass is 379 g/mol. The smallest absolute Gasteiger partial charge is 0.361 e. The maximum Gasteiger partial charge on any atom is 0.361 e. The zero-order chi connectivity index (χ0) is 20.3. The summed E-state index contributed by atoms with van der Waals surface area (Å²) in [6.45, 7) is 5.25. The molecule has 1 heterocycles. The van der Waals surface area contributed by atoms with Gasteiger partial charge < -0.3 is 9.47 Å². The van der Waals surface area contributed by atoms with Crippen molar-refractivity contribution in [2.75, 3.05) is 13.7 Å². The fourth-order valence-electron chi connectivity index (χ4n) is 2.76. The molecule has 0 unspecified atom stereocenters. The summed E-state index contributed by atoms with van der Waals surface area (Å²) >= 11 is 0. The molecule has 0 fully saturated rings. The number of methoxy groups -OCH3 is 1. The van der Waals surface area contributed by atoms with Crippen LogP contribution < -0.4 is 4.74 Å². The van der Waals surface area contributed by atoms with Crippen molar-refractivity contribution in [3.8, 4) is 11.4 Å². The number of nitrogens with zero attached hydrogens (tertiary/aromatic N) is 3. The zero-order valence-electron chi connectivity index (χ0n) is 16.2. The van der Waals surface area contributed by atoms with Crippen LogP contribution >= 0.6 is 0 Å². The minimum atomic E-state index is -0.685. The number of carbonyl (C=O) groups excluding carboxylic acids is 2. The lowest BCUT2D eigenvalue weighted by molar-refractivity contribution is 0.0467. The lowest BCUT2D eigenvalue weighted by Gasteiger charge is -2.05. The van der Waals surface area contributed by atoms with Crippen LogP contribution in [-0.2, 0) is 4.74 Å². The Morgan fingerprint density at radius 3 is 2.36 bits per heavy atom. The first-order valence-corrected chi connectivity index (χ1v) is 8.75. The number of ketones is 1. The van der Waals surface area contributed by atoms with Gasteiger partial charge in [-0.15, -0.1) is 5.10 Å². The number of esters is 1. The summed E-state index contributed by atoms with van der Waals surface area (Å²) in [6.07, 6.45) is 0. The van der Waals surface area contributed by atoms with Gasteiger partial charge >= 0.3 is 5.97 Å². The molecule has 0 radical (unpaired) electrons. The van der Waals surface area contributed by atoms with E-state index < -0.39 is 5.97 Å². The lowest BCUT2D eigenvalue weighted by atomic mass is 10.1. The van der Waals surface area contributed by atoms with Gasteiger partial charge in [-0.05, 0) is 56.7 Å². The summed E-state index contributed by atoms with van der Waals surface area (Å²) in [4.78, 5) is 26.0. The molecular weight excluding hydrogens is 358 g/mol. The Morgan fingerprint density at radius 2 is 1.71 bits per heavy atom. The molecule has 0 saturated carbocycles. The summed E-state index contributed by atoms with van der Waals surface area (Å²) in [6, 6.07) is 12.5. The lowest BCUT2D eigenvalue weighted by Crippen LogP contribution is -2.15. The highest BCUT2D eigenvalue weighted by Crippen LogP contribution is 2.16. The Bertz CT molecular complexity index is 1020. The SMILES string of the molecule is COc1ccc(C(=O)COC(=O)c2nn(-c3ccc(C)cc3C)nc2C)cc1. The second-order valence-corrected chi connectivity index (χ2v) is 6.44. The van der Waals surface area contributed by atoms with Gasteiger partial charge in [0, 0.05) is 5.56 Å². The number of aryl methyl sites for hydroxylation is 3. The van der Waals surface area contributed by atoms with Crippen LogP contribution in [-0.4, -0.2) is 40.5 Å². The van der Waals surface area contributed by atoms with Crippen LogP contribution in [0.1, 0.15) is 37.7 Å². The third-order valence-electron chi connectivity index (χ3n) is 4.29. The first kappa shape index (κ1) is 19.3. The summed E-state index contributed by atoms with van der Waals surface area (Å²) in [5, 5.41) is 8.55. The Labute approximate surface area is 162 Å². The average Bonchev–Trinajstić information content (AvgIpc) is 3.07. The number of aromatic nitrogens is 3. The molecule has 0 saturated heterocycles. The fourth-order valence-corrected chi connectivity index (χ4v) is 2.76. The highest BCUT2D eigenvalue weighted by Gasteiger charge is 2.20. The highest BCUT2D eigenvalue weighted by atomic mass is 16.5. The molecule has 7 heteroatoms. The van der Waals surface area contributed by atoms with Crippen molar-refractivity contribution in [3.05, 3.63) is 70.5 Å². The molecule has 3 aromatic rings. The van der Waals surface area contributed by atoms with Gasteiger partial charge in [-0.1, -0.05) is 17.7 Å². The Hall–Kier alpha value is -3.48. The van der Waals surface area contributed by atoms with E-state index in [4.69, 9.17) is 9.47 Å². The van der Waals surface area contributed by atoms with Gasteiger partial charge in [0.15, 0.2) is 18.1 Å². The van der Waals surface area contributed by atoms with E-state index in [0.717, 1.165) is 16.8 Å². The van der Waals surface area contributed by atoms with Crippen molar-refractivity contribution in [3.63, 3.8) is 0 Å². The van der Waals surface area contributed by atoms with Crippen LogP contribution in [0, 0.1) is 20.8 Å². The molecule has 0 aliphatic carbocycles. The third-order valence-corrected chi connectivity index (χ3v) is 4.29. The van der Waals surface area contributed by atoms with Gasteiger partial charge in [-0.3, -0.25) is 4.79 Å². The molecule has 0 aliphatic heterocycles. The van der Waals surface area contributed by atoms with Crippen LogP contribution in [0.3, 0.4) is 0 Å². The van der Waals surface area contributed by atoms with Crippen LogP contribution in [0.2, 0.25) is 0 Å². The van der Waals surface area contributed by atoms with Crippen LogP contribution in [0.15, 0.2) is 42.5 Å². The number of Topliss-reactive ketones (excluding diaryl/α,β-unsaturated/α-hetero) is 1. The molecule has 1 aromatic heterocycles.